The minimum absolute atomic E-state index is 0.0847. The van der Waals surface area contributed by atoms with Gasteiger partial charge in [-0.15, -0.1) is 0 Å². The molecule has 0 spiro atoms. The number of rotatable bonds is 4. The number of nitrogens with zero attached hydrogens (tertiary/aromatic N) is 1. The lowest BCUT2D eigenvalue weighted by atomic mass is 9.96. The predicted octanol–water partition coefficient (Wildman–Crippen LogP) is -0.953. The Morgan fingerprint density at radius 1 is 1.50 bits per heavy atom. The second-order valence-corrected chi connectivity index (χ2v) is 3.37. The highest BCUT2D eigenvalue weighted by atomic mass is 16.7. The summed E-state index contributed by atoms with van der Waals surface area (Å²) in [5.74, 6) is -1.17. The maximum atomic E-state index is 11.7. The lowest BCUT2D eigenvalue weighted by Crippen LogP contribution is -2.60. The van der Waals surface area contributed by atoms with Crippen LogP contribution in [0.15, 0.2) is 0 Å². The van der Waals surface area contributed by atoms with Crippen molar-refractivity contribution in [2.75, 3.05) is 21.3 Å². The molecule has 1 aliphatic heterocycles. The first-order chi connectivity index (χ1) is 7.54. The number of amides is 1. The third-order valence-electron chi connectivity index (χ3n) is 2.66. The van der Waals surface area contributed by atoms with E-state index in [0.717, 1.165) is 5.06 Å². The molecule has 0 aliphatic carbocycles. The van der Waals surface area contributed by atoms with Gasteiger partial charge in [-0.1, -0.05) is 0 Å². The van der Waals surface area contributed by atoms with Crippen LogP contribution in [0.2, 0.25) is 0 Å². The fourth-order valence-electron chi connectivity index (χ4n) is 1.87. The van der Waals surface area contributed by atoms with Crippen molar-refractivity contribution in [2.24, 2.45) is 0 Å². The Hall–Kier alpha value is -1.18. The van der Waals surface area contributed by atoms with E-state index in [9.17, 15) is 14.7 Å². The van der Waals surface area contributed by atoms with Crippen LogP contribution in [0.3, 0.4) is 0 Å². The molecule has 0 bridgehead atoms. The number of carbonyl (C=O) groups is 2. The number of hydrogen-bond donors (Lipinski definition) is 1. The van der Waals surface area contributed by atoms with Gasteiger partial charge in [-0.05, 0) is 6.42 Å². The Morgan fingerprint density at radius 2 is 2.12 bits per heavy atom. The van der Waals surface area contributed by atoms with Gasteiger partial charge in [0.05, 0.1) is 14.2 Å². The third kappa shape index (κ3) is 1.66. The molecule has 0 aromatic heterocycles. The summed E-state index contributed by atoms with van der Waals surface area (Å²) in [6, 6.07) is 0. The van der Waals surface area contributed by atoms with Gasteiger partial charge in [0.1, 0.15) is 0 Å². The average molecular weight is 233 g/mol. The highest BCUT2D eigenvalue weighted by Gasteiger charge is 2.59. The summed E-state index contributed by atoms with van der Waals surface area (Å²) in [6.45, 7) is 0. The fraction of sp³-hybridized carbons (Fsp3) is 0.778. The standard InChI is InChI=1S/C9H15NO6/c1-14-7(12)9(8(13)15-2)5-4-6(11)10(9)16-3/h7,12H,4-5H2,1-3H3. The van der Waals surface area contributed by atoms with Gasteiger partial charge in [0.15, 0.2) is 6.29 Å². The van der Waals surface area contributed by atoms with E-state index >= 15 is 0 Å². The lowest BCUT2D eigenvalue weighted by molar-refractivity contribution is -0.254. The van der Waals surface area contributed by atoms with Crippen molar-refractivity contribution in [3.8, 4) is 0 Å². The van der Waals surface area contributed by atoms with E-state index in [1.807, 2.05) is 0 Å². The minimum Gasteiger partial charge on any atom is -0.467 e. The molecular weight excluding hydrogens is 218 g/mol. The summed E-state index contributed by atoms with van der Waals surface area (Å²) in [5.41, 5.74) is -1.62. The van der Waals surface area contributed by atoms with Crippen molar-refractivity contribution < 1.29 is 29.0 Å². The van der Waals surface area contributed by atoms with Gasteiger partial charge in [-0.3, -0.25) is 9.63 Å². The van der Waals surface area contributed by atoms with Crippen LogP contribution in [0, 0.1) is 0 Å². The number of aliphatic hydroxyl groups is 1. The van der Waals surface area contributed by atoms with Crippen LogP contribution in [0.5, 0.6) is 0 Å². The molecule has 1 fully saturated rings. The maximum absolute atomic E-state index is 11.7. The highest BCUT2D eigenvalue weighted by molar-refractivity contribution is 5.91. The first kappa shape index (κ1) is 12.9. The van der Waals surface area contributed by atoms with Gasteiger partial charge in [0, 0.05) is 13.5 Å². The van der Waals surface area contributed by atoms with Crippen molar-refractivity contribution >= 4 is 11.9 Å². The van der Waals surface area contributed by atoms with Crippen LogP contribution in [-0.4, -0.2) is 55.2 Å². The predicted molar refractivity (Wildman–Crippen MR) is 50.9 cm³/mol. The van der Waals surface area contributed by atoms with Crippen molar-refractivity contribution in [1.82, 2.24) is 5.06 Å². The van der Waals surface area contributed by atoms with E-state index in [4.69, 9.17) is 9.57 Å². The number of ether oxygens (including phenoxy) is 2. The lowest BCUT2D eigenvalue weighted by Gasteiger charge is -2.36. The molecular formula is C9H15NO6. The molecule has 2 unspecified atom stereocenters. The van der Waals surface area contributed by atoms with Gasteiger partial charge >= 0.3 is 5.97 Å². The zero-order chi connectivity index (χ0) is 12.3. The van der Waals surface area contributed by atoms with Gasteiger partial charge < -0.3 is 14.6 Å². The Kier molecular flexibility index (Phi) is 3.84. The summed E-state index contributed by atoms with van der Waals surface area (Å²) in [4.78, 5) is 28.0. The Balaban J connectivity index is 3.13. The first-order valence-electron chi connectivity index (χ1n) is 4.71. The van der Waals surface area contributed by atoms with E-state index in [-0.39, 0.29) is 12.8 Å². The normalized spacial score (nSPS) is 27.0. The molecule has 0 aromatic carbocycles. The van der Waals surface area contributed by atoms with E-state index in [0.29, 0.717) is 0 Å². The van der Waals surface area contributed by atoms with E-state index in [2.05, 4.69) is 4.74 Å². The van der Waals surface area contributed by atoms with Crippen LogP contribution >= 0.6 is 0 Å². The average Bonchev–Trinajstić information content (AvgIpc) is 2.65. The van der Waals surface area contributed by atoms with E-state index in [1.165, 1.54) is 21.3 Å². The monoisotopic (exact) mass is 233 g/mol. The molecule has 7 heteroatoms. The smallest absolute Gasteiger partial charge is 0.339 e. The second-order valence-electron chi connectivity index (χ2n) is 3.37. The van der Waals surface area contributed by atoms with Crippen LogP contribution in [-0.2, 0) is 23.9 Å². The Labute approximate surface area is 92.8 Å². The van der Waals surface area contributed by atoms with Crippen molar-refractivity contribution in [3.05, 3.63) is 0 Å². The van der Waals surface area contributed by atoms with Crippen molar-refractivity contribution in [2.45, 2.75) is 24.7 Å². The van der Waals surface area contributed by atoms with Gasteiger partial charge in [-0.2, -0.15) is 5.06 Å². The molecule has 1 amide bonds. The van der Waals surface area contributed by atoms with Crippen LogP contribution < -0.4 is 0 Å². The molecule has 0 radical (unpaired) electrons. The SMILES string of the molecule is COC(=O)C1(C(O)OC)CCC(=O)N1OC. The molecule has 1 heterocycles. The van der Waals surface area contributed by atoms with Crippen molar-refractivity contribution in [1.29, 1.82) is 0 Å². The molecule has 1 saturated heterocycles. The van der Waals surface area contributed by atoms with Gasteiger partial charge in [0.2, 0.25) is 11.4 Å². The molecule has 1 N–H and O–H groups in total. The molecule has 0 saturated carbocycles. The van der Waals surface area contributed by atoms with Gasteiger partial charge in [0.25, 0.3) is 0 Å². The van der Waals surface area contributed by atoms with E-state index in [1.54, 1.807) is 0 Å². The first-order valence-corrected chi connectivity index (χ1v) is 4.71. The molecule has 7 nitrogen and oxygen atoms in total. The second kappa shape index (κ2) is 4.77. The largest absolute Gasteiger partial charge is 0.467 e. The third-order valence-corrected chi connectivity index (χ3v) is 2.66. The maximum Gasteiger partial charge on any atom is 0.339 e. The number of aliphatic hydroxyl groups excluding tert-OH is 1. The number of carbonyl (C=O) groups excluding carboxylic acids is 2. The van der Waals surface area contributed by atoms with Crippen LogP contribution in [0.4, 0.5) is 0 Å². The Bertz CT molecular complexity index is 294. The summed E-state index contributed by atoms with van der Waals surface area (Å²) < 4.78 is 9.31. The van der Waals surface area contributed by atoms with Crippen LogP contribution in [0.25, 0.3) is 0 Å². The molecule has 0 aromatic rings. The van der Waals surface area contributed by atoms with Crippen LogP contribution in [0.1, 0.15) is 12.8 Å². The number of esters is 1. The zero-order valence-electron chi connectivity index (χ0n) is 9.43. The highest BCUT2D eigenvalue weighted by Crippen LogP contribution is 2.35. The molecule has 2 atom stereocenters. The number of methoxy groups -OCH3 is 2. The van der Waals surface area contributed by atoms with Gasteiger partial charge in [-0.25, -0.2) is 4.79 Å². The molecule has 92 valence electrons. The van der Waals surface area contributed by atoms with E-state index < -0.39 is 23.7 Å². The fourth-order valence-corrected chi connectivity index (χ4v) is 1.87. The quantitative estimate of drug-likeness (QED) is 0.497. The summed E-state index contributed by atoms with van der Waals surface area (Å²) in [5, 5.41) is 10.5. The topological polar surface area (TPSA) is 85.3 Å². The number of hydroxylamine groups is 2. The summed E-state index contributed by atoms with van der Waals surface area (Å²) >= 11 is 0. The molecule has 16 heavy (non-hydrogen) atoms. The summed E-state index contributed by atoms with van der Waals surface area (Å²) in [6.07, 6.45) is -1.32. The zero-order valence-corrected chi connectivity index (χ0v) is 9.43. The van der Waals surface area contributed by atoms with Crippen molar-refractivity contribution in [3.63, 3.8) is 0 Å². The molecule has 1 aliphatic rings. The Morgan fingerprint density at radius 3 is 2.56 bits per heavy atom. The summed E-state index contributed by atoms with van der Waals surface area (Å²) in [7, 11) is 3.64. The molecule has 1 rings (SSSR count). The number of hydrogen-bond acceptors (Lipinski definition) is 6. The minimum atomic E-state index is -1.62.